The summed E-state index contributed by atoms with van der Waals surface area (Å²) in [6.45, 7) is 3.53. The molecule has 0 saturated carbocycles. The van der Waals surface area contributed by atoms with Crippen LogP contribution < -0.4 is 13.7 Å². The van der Waals surface area contributed by atoms with Crippen molar-refractivity contribution in [2.24, 2.45) is 0 Å². The van der Waals surface area contributed by atoms with Crippen LogP contribution in [0, 0.1) is 0 Å². The van der Waals surface area contributed by atoms with Crippen LogP contribution in [0.2, 0.25) is 0 Å². The Labute approximate surface area is 245 Å². The minimum atomic E-state index is -5.85. The van der Waals surface area contributed by atoms with Crippen molar-refractivity contribution < 1.29 is 40.0 Å². The quantitative estimate of drug-likeness (QED) is 0.109. The Kier molecular flexibility index (Phi) is 8.76. The summed E-state index contributed by atoms with van der Waals surface area (Å²) in [4.78, 5) is 16.8. The van der Waals surface area contributed by atoms with Crippen LogP contribution in [0.4, 0.5) is 13.2 Å². The van der Waals surface area contributed by atoms with E-state index in [9.17, 15) is 26.4 Å². The maximum atomic E-state index is 13.9. The summed E-state index contributed by atoms with van der Waals surface area (Å²) in [6.07, 6.45) is 3.67. The van der Waals surface area contributed by atoms with Crippen molar-refractivity contribution >= 4 is 37.3 Å². The van der Waals surface area contributed by atoms with Crippen molar-refractivity contribution in [2.75, 3.05) is 33.4 Å². The summed E-state index contributed by atoms with van der Waals surface area (Å²) in [6, 6.07) is 17.5. The smallest absolute Gasteiger partial charge is 0.497 e. The van der Waals surface area contributed by atoms with E-state index in [0.717, 1.165) is 37.0 Å². The lowest BCUT2D eigenvalue weighted by Gasteiger charge is -2.26. The number of fused-ring (bicyclic) bond motifs is 1. The lowest BCUT2D eigenvalue weighted by atomic mass is 9.97. The second kappa shape index (κ2) is 12.3. The van der Waals surface area contributed by atoms with Gasteiger partial charge in [0.1, 0.15) is 23.9 Å². The summed E-state index contributed by atoms with van der Waals surface area (Å²) < 4.78 is 77.6. The average Bonchev–Trinajstić information content (AvgIpc) is 3.35. The highest BCUT2D eigenvalue weighted by Crippen LogP contribution is 2.42. The van der Waals surface area contributed by atoms with Gasteiger partial charge in [-0.1, -0.05) is 6.42 Å². The van der Waals surface area contributed by atoms with Gasteiger partial charge < -0.3 is 13.7 Å². The third-order valence-electron chi connectivity index (χ3n) is 6.97. The Bertz CT molecular complexity index is 1660. The zero-order valence-corrected chi connectivity index (χ0v) is 24.3. The molecule has 0 spiro atoms. The first kappa shape index (κ1) is 29.9. The van der Waals surface area contributed by atoms with Gasteiger partial charge >= 0.3 is 15.6 Å². The molecule has 0 unspecified atom stereocenters. The lowest BCUT2D eigenvalue weighted by Crippen LogP contribution is -2.33. The molecule has 1 aliphatic rings. The van der Waals surface area contributed by atoms with Gasteiger partial charge in [-0.3, -0.25) is 9.69 Å². The summed E-state index contributed by atoms with van der Waals surface area (Å²) in [5.41, 5.74) is -4.16. The highest BCUT2D eigenvalue weighted by molar-refractivity contribution is 7.88. The van der Waals surface area contributed by atoms with Gasteiger partial charge in [-0.2, -0.15) is 21.6 Å². The first-order valence-corrected chi connectivity index (χ1v) is 15.5. The van der Waals surface area contributed by atoms with Crippen LogP contribution in [0.15, 0.2) is 66.7 Å². The van der Waals surface area contributed by atoms with Gasteiger partial charge in [0.2, 0.25) is 0 Å². The summed E-state index contributed by atoms with van der Waals surface area (Å²) in [5, 5.41) is 0.453. The van der Waals surface area contributed by atoms with Gasteiger partial charge in [0.15, 0.2) is 5.78 Å². The van der Waals surface area contributed by atoms with E-state index >= 15 is 0 Å². The number of piperidine rings is 1. The Balaban J connectivity index is 1.44. The molecule has 4 aromatic rings. The summed E-state index contributed by atoms with van der Waals surface area (Å²) in [5.74, 6) is 0.439. The van der Waals surface area contributed by atoms with Gasteiger partial charge in [0.25, 0.3) is 0 Å². The molecule has 7 nitrogen and oxygen atoms in total. The molecule has 0 radical (unpaired) electrons. The number of carbonyl (C=O) groups is 1. The molecular formula is C30H28F3NO6S2. The number of hydrogen-bond donors (Lipinski definition) is 0. The highest BCUT2D eigenvalue weighted by atomic mass is 32.2. The molecule has 0 amide bonds. The molecule has 0 bridgehead atoms. The summed E-state index contributed by atoms with van der Waals surface area (Å²) >= 11 is 1.14. The first-order chi connectivity index (χ1) is 20.1. The second-order valence-electron chi connectivity index (χ2n) is 9.78. The third-order valence-corrected chi connectivity index (χ3v) is 9.15. The zero-order chi connectivity index (χ0) is 29.9. The maximum Gasteiger partial charge on any atom is 0.534 e. The average molecular weight is 620 g/mol. The van der Waals surface area contributed by atoms with Gasteiger partial charge in [-0.15, -0.1) is 11.3 Å². The van der Waals surface area contributed by atoms with E-state index in [1.54, 1.807) is 48.5 Å². The molecular weight excluding hydrogens is 591 g/mol. The first-order valence-electron chi connectivity index (χ1n) is 13.3. The minimum absolute atomic E-state index is 0.302. The molecule has 0 N–H and O–H groups in total. The Morgan fingerprint density at radius 3 is 2.19 bits per heavy atom. The summed E-state index contributed by atoms with van der Waals surface area (Å²) in [7, 11) is -4.32. The van der Waals surface area contributed by atoms with E-state index in [2.05, 4.69) is 9.08 Å². The number of thiophene rings is 1. The third kappa shape index (κ3) is 6.55. The monoisotopic (exact) mass is 619 g/mol. The fraction of sp³-hybridized carbons (Fsp3) is 0.300. The molecule has 1 saturated heterocycles. The van der Waals surface area contributed by atoms with Gasteiger partial charge in [0.05, 0.1) is 7.11 Å². The molecule has 12 heteroatoms. The zero-order valence-electron chi connectivity index (χ0n) is 22.6. The van der Waals surface area contributed by atoms with Gasteiger partial charge in [-0.05, 0) is 98.2 Å². The highest BCUT2D eigenvalue weighted by Gasteiger charge is 2.48. The standard InChI is InChI=1S/C30H28F3NO6S2/c1-38-22-9-7-21(8-10-22)29-27(25-14-13-24(19-26(25)41-29)40-42(36,37)30(31,32)33)28(35)20-5-11-23(12-6-20)39-18-17-34-15-3-2-4-16-34/h5-14,19H,2-4,15-18H2,1H3. The predicted octanol–water partition coefficient (Wildman–Crippen LogP) is 6.90. The number of nitrogens with zero attached hydrogens (tertiary/aromatic N) is 1. The van der Waals surface area contributed by atoms with Crippen LogP contribution in [0.5, 0.6) is 17.2 Å². The Morgan fingerprint density at radius 2 is 1.55 bits per heavy atom. The maximum absolute atomic E-state index is 13.9. The van der Waals surface area contributed by atoms with E-state index < -0.39 is 21.4 Å². The van der Waals surface area contributed by atoms with E-state index in [-0.39, 0.29) is 5.78 Å². The fourth-order valence-corrected chi connectivity index (χ4v) is 6.48. The number of ether oxygens (including phenoxy) is 2. The SMILES string of the molecule is COc1ccc(-c2sc3cc(OS(=O)(=O)C(F)(F)F)ccc3c2C(=O)c2ccc(OCCN3CCCCC3)cc2)cc1. The number of likely N-dealkylation sites (tertiary alicyclic amines) is 1. The van der Waals surface area contributed by atoms with Crippen LogP contribution in [0.1, 0.15) is 35.2 Å². The van der Waals surface area contributed by atoms with E-state index in [1.807, 2.05) is 0 Å². The van der Waals surface area contributed by atoms with E-state index in [4.69, 9.17) is 9.47 Å². The van der Waals surface area contributed by atoms with E-state index in [1.165, 1.54) is 38.5 Å². The van der Waals surface area contributed by atoms with Crippen molar-refractivity contribution in [3.63, 3.8) is 0 Å². The molecule has 0 atom stereocenters. The van der Waals surface area contributed by atoms with Gasteiger partial charge in [0, 0.05) is 32.6 Å². The van der Waals surface area contributed by atoms with Crippen molar-refractivity contribution in [1.29, 1.82) is 0 Å². The molecule has 0 aliphatic carbocycles. The van der Waals surface area contributed by atoms with Crippen LogP contribution in [-0.2, 0) is 10.1 Å². The van der Waals surface area contributed by atoms with Crippen LogP contribution in [0.3, 0.4) is 0 Å². The largest absolute Gasteiger partial charge is 0.534 e. The van der Waals surface area contributed by atoms with Crippen molar-refractivity contribution in [1.82, 2.24) is 4.90 Å². The van der Waals surface area contributed by atoms with Crippen LogP contribution >= 0.6 is 11.3 Å². The molecule has 1 aromatic heterocycles. The molecule has 3 aromatic carbocycles. The number of methoxy groups -OCH3 is 1. The van der Waals surface area contributed by atoms with Gasteiger partial charge in [-0.25, -0.2) is 0 Å². The predicted molar refractivity (Wildman–Crippen MR) is 155 cm³/mol. The van der Waals surface area contributed by atoms with Crippen molar-refractivity contribution in [3.8, 4) is 27.7 Å². The number of benzene rings is 3. The molecule has 2 heterocycles. The van der Waals surface area contributed by atoms with Crippen molar-refractivity contribution in [2.45, 2.75) is 24.8 Å². The Morgan fingerprint density at radius 1 is 0.905 bits per heavy atom. The molecule has 42 heavy (non-hydrogen) atoms. The number of hydrogen-bond acceptors (Lipinski definition) is 8. The number of alkyl halides is 3. The number of halogens is 3. The normalized spacial score (nSPS) is 14.6. The minimum Gasteiger partial charge on any atom is -0.497 e. The van der Waals surface area contributed by atoms with E-state index in [0.29, 0.717) is 49.8 Å². The van der Waals surface area contributed by atoms with Crippen molar-refractivity contribution in [3.05, 3.63) is 77.9 Å². The molecule has 1 fully saturated rings. The molecule has 1 aliphatic heterocycles. The molecule has 5 rings (SSSR count). The Hall–Kier alpha value is -3.61. The fourth-order valence-electron chi connectivity index (χ4n) is 4.80. The number of carbonyl (C=O) groups excluding carboxylic acids is 1. The van der Waals surface area contributed by atoms with Crippen LogP contribution in [-0.4, -0.2) is 58.0 Å². The lowest BCUT2D eigenvalue weighted by molar-refractivity contribution is -0.0500. The number of rotatable bonds is 10. The molecule has 222 valence electrons. The topological polar surface area (TPSA) is 82.1 Å². The number of ketones is 1. The van der Waals surface area contributed by atoms with Crippen LogP contribution in [0.25, 0.3) is 20.5 Å². The second-order valence-corrected chi connectivity index (χ2v) is 12.4.